The summed E-state index contributed by atoms with van der Waals surface area (Å²) in [5.41, 5.74) is 1.09. The van der Waals surface area contributed by atoms with Gasteiger partial charge in [0.2, 0.25) is 0 Å². The van der Waals surface area contributed by atoms with Crippen LogP contribution in [0.4, 0.5) is 0 Å². The molecule has 0 aliphatic rings. The molecule has 24 heavy (non-hydrogen) atoms. The maximum absolute atomic E-state index is 5.31. The van der Waals surface area contributed by atoms with Crippen molar-refractivity contribution in [3.63, 3.8) is 0 Å². The van der Waals surface area contributed by atoms with Crippen LogP contribution in [0.2, 0.25) is 0 Å². The average Bonchev–Trinajstić information content (AvgIpc) is 3.11. The van der Waals surface area contributed by atoms with Crippen LogP contribution < -0.4 is 20.1 Å². The molecule has 0 radical (unpaired) electrons. The molecule has 0 unspecified atom stereocenters. The Morgan fingerprint density at radius 1 is 1.08 bits per heavy atom. The van der Waals surface area contributed by atoms with Gasteiger partial charge >= 0.3 is 0 Å². The summed E-state index contributed by atoms with van der Waals surface area (Å²) in [5, 5.41) is 6.58. The summed E-state index contributed by atoms with van der Waals surface area (Å²) in [6.07, 6.45) is 4.09. The lowest BCUT2D eigenvalue weighted by atomic mass is 10.2. The minimum Gasteiger partial charge on any atom is -0.493 e. The summed E-state index contributed by atoms with van der Waals surface area (Å²) >= 11 is 0. The van der Waals surface area contributed by atoms with Crippen LogP contribution in [0, 0.1) is 0 Å². The van der Waals surface area contributed by atoms with Crippen LogP contribution in [0.3, 0.4) is 0 Å². The predicted molar refractivity (Wildman–Crippen MR) is 108 cm³/mol. The van der Waals surface area contributed by atoms with Gasteiger partial charge in [-0.1, -0.05) is 6.07 Å². The van der Waals surface area contributed by atoms with Crippen molar-refractivity contribution in [2.24, 2.45) is 4.99 Å². The van der Waals surface area contributed by atoms with Gasteiger partial charge in [-0.25, -0.2) is 0 Å². The fourth-order valence-corrected chi connectivity index (χ4v) is 2.22. The zero-order valence-electron chi connectivity index (χ0n) is 14.3. The number of hydrogen-bond acceptors (Lipinski definition) is 3. The largest absolute Gasteiger partial charge is 0.493 e. The molecule has 0 aliphatic carbocycles. The summed E-state index contributed by atoms with van der Waals surface area (Å²) < 4.78 is 12.7. The summed E-state index contributed by atoms with van der Waals surface area (Å²) in [6, 6.07) is 9.90. The second kappa shape index (κ2) is 10.8. The first-order valence-corrected chi connectivity index (χ1v) is 7.53. The second-order valence-corrected chi connectivity index (χ2v) is 4.96. The van der Waals surface area contributed by atoms with Crippen molar-refractivity contribution in [1.29, 1.82) is 0 Å². The smallest absolute Gasteiger partial charge is 0.191 e. The lowest BCUT2D eigenvalue weighted by molar-refractivity contribution is 0.354. The molecule has 7 heteroatoms. The van der Waals surface area contributed by atoms with E-state index in [9.17, 15) is 0 Å². The van der Waals surface area contributed by atoms with Gasteiger partial charge < -0.3 is 24.7 Å². The van der Waals surface area contributed by atoms with E-state index in [1.165, 1.54) is 0 Å². The van der Waals surface area contributed by atoms with E-state index in [4.69, 9.17) is 9.47 Å². The lowest BCUT2D eigenvalue weighted by Gasteiger charge is -2.13. The van der Waals surface area contributed by atoms with E-state index in [-0.39, 0.29) is 24.0 Å². The molecule has 1 aromatic heterocycles. The number of methoxy groups -OCH3 is 2. The molecule has 2 rings (SSSR count). The Morgan fingerprint density at radius 2 is 1.79 bits per heavy atom. The highest BCUT2D eigenvalue weighted by atomic mass is 127. The number of nitrogens with zero attached hydrogens (tertiary/aromatic N) is 2. The van der Waals surface area contributed by atoms with Gasteiger partial charge in [-0.15, -0.1) is 24.0 Å². The Hall–Kier alpha value is -1.90. The van der Waals surface area contributed by atoms with Crippen LogP contribution in [0.1, 0.15) is 5.56 Å². The van der Waals surface area contributed by atoms with Crippen molar-refractivity contribution in [3.05, 3.63) is 48.3 Å². The maximum atomic E-state index is 5.31. The highest BCUT2D eigenvalue weighted by Gasteiger charge is 2.05. The Morgan fingerprint density at radius 3 is 2.42 bits per heavy atom. The highest BCUT2D eigenvalue weighted by molar-refractivity contribution is 14.0. The normalized spacial score (nSPS) is 10.7. The number of hydrogen-bond donors (Lipinski definition) is 2. The van der Waals surface area contributed by atoms with Crippen molar-refractivity contribution < 1.29 is 9.47 Å². The monoisotopic (exact) mass is 444 g/mol. The second-order valence-electron chi connectivity index (χ2n) is 4.96. The van der Waals surface area contributed by atoms with Crippen molar-refractivity contribution in [1.82, 2.24) is 15.2 Å². The molecule has 0 saturated heterocycles. The van der Waals surface area contributed by atoms with E-state index < -0.39 is 0 Å². The zero-order chi connectivity index (χ0) is 16.5. The number of rotatable bonds is 7. The van der Waals surface area contributed by atoms with Crippen LogP contribution >= 0.6 is 24.0 Å². The number of halogens is 1. The predicted octanol–water partition coefficient (Wildman–Crippen LogP) is 2.49. The van der Waals surface area contributed by atoms with Gasteiger partial charge in [-0.05, 0) is 29.8 Å². The summed E-state index contributed by atoms with van der Waals surface area (Å²) in [4.78, 5) is 4.23. The van der Waals surface area contributed by atoms with E-state index in [0.29, 0.717) is 6.54 Å². The fourth-order valence-electron chi connectivity index (χ4n) is 2.22. The molecule has 1 aromatic carbocycles. The molecule has 0 aliphatic heterocycles. The van der Waals surface area contributed by atoms with Crippen molar-refractivity contribution in [2.75, 3.05) is 27.8 Å². The van der Waals surface area contributed by atoms with Crippen molar-refractivity contribution >= 4 is 29.9 Å². The van der Waals surface area contributed by atoms with Gasteiger partial charge in [0.1, 0.15) is 0 Å². The van der Waals surface area contributed by atoms with Crippen LogP contribution in [-0.2, 0) is 13.1 Å². The third kappa shape index (κ3) is 5.95. The number of aliphatic imine (C=N–C) groups is 1. The number of aromatic nitrogens is 1. The molecule has 6 nitrogen and oxygen atoms in total. The van der Waals surface area contributed by atoms with E-state index in [0.717, 1.165) is 36.1 Å². The summed E-state index contributed by atoms with van der Waals surface area (Å²) in [7, 11) is 5.03. The number of benzene rings is 1. The number of nitrogens with one attached hydrogen (secondary N) is 2. The summed E-state index contributed by atoms with van der Waals surface area (Å²) in [5.74, 6) is 2.22. The van der Waals surface area contributed by atoms with Gasteiger partial charge in [0.15, 0.2) is 17.5 Å². The molecule has 0 saturated carbocycles. The molecule has 0 atom stereocenters. The Balaban J connectivity index is 0.00000288. The maximum Gasteiger partial charge on any atom is 0.191 e. The van der Waals surface area contributed by atoms with E-state index in [2.05, 4.69) is 20.2 Å². The zero-order valence-corrected chi connectivity index (χ0v) is 16.6. The molecule has 2 aromatic rings. The Labute approximate surface area is 160 Å². The first kappa shape index (κ1) is 20.1. The average molecular weight is 444 g/mol. The molecule has 0 bridgehead atoms. The van der Waals surface area contributed by atoms with Crippen LogP contribution in [0.25, 0.3) is 0 Å². The van der Waals surface area contributed by atoms with Gasteiger partial charge in [-0.3, -0.25) is 4.99 Å². The highest BCUT2D eigenvalue weighted by Crippen LogP contribution is 2.27. The third-order valence-electron chi connectivity index (χ3n) is 3.46. The third-order valence-corrected chi connectivity index (χ3v) is 3.46. The summed E-state index contributed by atoms with van der Waals surface area (Å²) in [6.45, 7) is 2.36. The van der Waals surface area contributed by atoms with E-state index in [1.54, 1.807) is 21.3 Å². The number of ether oxygens (including phenoxy) is 2. The molecule has 1 heterocycles. The minimum atomic E-state index is 0. The standard InChI is InChI=1S/C17H24N4O2.HI/c1-18-17(19-8-11-21-9-4-5-10-21)20-13-14-6-7-15(22-2)16(12-14)23-3;/h4-7,9-10,12H,8,11,13H2,1-3H3,(H2,18,19,20);1H. The molecule has 0 amide bonds. The Bertz CT molecular complexity index is 630. The van der Waals surface area contributed by atoms with Gasteiger partial charge in [0, 0.05) is 39.1 Å². The van der Waals surface area contributed by atoms with Gasteiger partial charge in [0.25, 0.3) is 0 Å². The van der Waals surface area contributed by atoms with E-state index >= 15 is 0 Å². The van der Waals surface area contributed by atoms with Gasteiger partial charge in [0.05, 0.1) is 14.2 Å². The van der Waals surface area contributed by atoms with Gasteiger partial charge in [-0.2, -0.15) is 0 Å². The van der Waals surface area contributed by atoms with Crippen LogP contribution in [0.15, 0.2) is 47.7 Å². The lowest BCUT2D eigenvalue weighted by Crippen LogP contribution is -2.38. The Kier molecular flexibility index (Phi) is 9.06. The molecular formula is C17H25IN4O2. The fraction of sp³-hybridized carbons (Fsp3) is 0.353. The van der Waals surface area contributed by atoms with Crippen molar-refractivity contribution in [2.45, 2.75) is 13.1 Å². The first-order valence-electron chi connectivity index (χ1n) is 7.53. The molecule has 0 spiro atoms. The van der Waals surface area contributed by atoms with Crippen LogP contribution in [-0.4, -0.2) is 38.3 Å². The van der Waals surface area contributed by atoms with Crippen molar-refractivity contribution in [3.8, 4) is 11.5 Å². The number of guanidine groups is 1. The SMILES string of the molecule is CN=C(NCCn1cccc1)NCc1ccc(OC)c(OC)c1.I. The molecule has 132 valence electrons. The topological polar surface area (TPSA) is 59.8 Å². The minimum absolute atomic E-state index is 0. The quantitative estimate of drug-likeness (QED) is 0.392. The van der Waals surface area contributed by atoms with E-state index in [1.807, 2.05) is 42.7 Å². The van der Waals surface area contributed by atoms with Crippen LogP contribution in [0.5, 0.6) is 11.5 Å². The molecular weight excluding hydrogens is 419 g/mol. The molecule has 0 fully saturated rings. The molecule has 2 N–H and O–H groups in total. The first-order chi connectivity index (χ1) is 11.3.